The second-order valence-electron chi connectivity index (χ2n) is 5.72. The molecule has 2 aromatic carbocycles. The fourth-order valence-corrected chi connectivity index (χ4v) is 2.63. The summed E-state index contributed by atoms with van der Waals surface area (Å²) in [6, 6.07) is 16.1. The van der Waals surface area contributed by atoms with Gasteiger partial charge in [-0.15, -0.1) is 5.10 Å². The predicted octanol–water partition coefficient (Wildman–Crippen LogP) is 4.62. The first-order valence-corrected chi connectivity index (χ1v) is 8.60. The van der Waals surface area contributed by atoms with E-state index in [-0.39, 0.29) is 0 Å². The Morgan fingerprint density at radius 3 is 2.72 bits per heavy atom. The Kier molecular flexibility index (Phi) is 5.80. The molecule has 0 saturated carbocycles. The Labute approximate surface area is 152 Å². The molecule has 0 bridgehead atoms. The van der Waals surface area contributed by atoms with Crippen LogP contribution in [0.15, 0.2) is 54.7 Å². The average Bonchev–Trinajstić information content (AvgIpc) is 2.64. The standard InChI is InChI=1S/C19H20ClN5/c1-14-16(20)10-5-11-17(14)23-18-13-22-25-19(24-18)21-12-6-9-15-7-3-2-4-8-15/h2-5,7-8,10-11,13H,6,9,12H2,1H3,(H2,21,23,24,25). The zero-order valence-electron chi connectivity index (χ0n) is 14.0. The van der Waals surface area contributed by atoms with Crippen LogP contribution in [0.3, 0.4) is 0 Å². The summed E-state index contributed by atoms with van der Waals surface area (Å²) < 4.78 is 0. The van der Waals surface area contributed by atoms with E-state index in [0.717, 1.165) is 30.6 Å². The maximum absolute atomic E-state index is 6.15. The SMILES string of the molecule is Cc1c(Cl)cccc1Nc1cnnc(NCCCc2ccccc2)n1. The van der Waals surface area contributed by atoms with E-state index in [9.17, 15) is 0 Å². The third-order valence-corrected chi connectivity index (χ3v) is 4.27. The molecule has 0 spiro atoms. The average molecular weight is 354 g/mol. The number of aryl methyl sites for hydroxylation is 1. The molecule has 128 valence electrons. The number of nitrogens with zero attached hydrogens (tertiary/aromatic N) is 3. The van der Waals surface area contributed by atoms with Gasteiger partial charge in [0.15, 0.2) is 5.82 Å². The van der Waals surface area contributed by atoms with Crippen molar-refractivity contribution in [1.82, 2.24) is 15.2 Å². The van der Waals surface area contributed by atoms with Gasteiger partial charge in [-0.3, -0.25) is 0 Å². The summed E-state index contributed by atoms with van der Waals surface area (Å²) in [5.41, 5.74) is 3.21. The van der Waals surface area contributed by atoms with Gasteiger partial charge in [0.25, 0.3) is 0 Å². The zero-order valence-corrected chi connectivity index (χ0v) is 14.8. The number of hydrogen-bond acceptors (Lipinski definition) is 5. The van der Waals surface area contributed by atoms with Gasteiger partial charge in [0.1, 0.15) is 0 Å². The molecule has 5 nitrogen and oxygen atoms in total. The third kappa shape index (κ3) is 4.90. The Hall–Kier alpha value is -2.66. The molecule has 0 amide bonds. The molecule has 6 heteroatoms. The van der Waals surface area contributed by atoms with Gasteiger partial charge in [0.2, 0.25) is 5.95 Å². The lowest BCUT2D eigenvalue weighted by atomic mass is 10.1. The molecule has 0 aliphatic heterocycles. The van der Waals surface area contributed by atoms with Gasteiger partial charge in [-0.25, -0.2) is 0 Å². The normalized spacial score (nSPS) is 10.5. The molecule has 0 radical (unpaired) electrons. The van der Waals surface area contributed by atoms with E-state index >= 15 is 0 Å². The summed E-state index contributed by atoms with van der Waals surface area (Å²) >= 11 is 6.15. The number of benzene rings is 2. The quantitative estimate of drug-likeness (QED) is 0.607. The van der Waals surface area contributed by atoms with Crippen LogP contribution in [0.2, 0.25) is 5.02 Å². The lowest BCUT2D eigenvalue weighted by Gasteiger charge is -2.10. The van der Waals surface area contributed by atoms with Gasteiger partial charge in [0, 0.05) is 17.3 Å². The van der Waals surface area contributed by atoms with Crippen LogP contribution in [0, 0.1) is 6.92 Å². The first-order chi connectivity index (χ1) is 12.2. The molecular weight excluding hydrogens is 334 g/mol. The zero-order chi connectivity index (χ0) is 17.5. The Bertz CT molecular complexity index is 823. The molecule has 0 fully saturated rings. The van der Waals surface area contributed by atoms with Crippen LogP contribution < -0.4 is 10.6 Å². The smallest absolute Gasteiger partial charge is 0.244 e. The monoisotopic (exact) mass is 353 g/mol. The molecule has 0 aliphatic carbocycles. The highest BCUT2D eigenvalue weighted by molar-refractivity contribution is 6.31. The Morgan fingerprint density at radius 1 is 1.04 bits per heavy atom. The van der Waals surface area contributed by atoms with Crippen LogP contribution in [0.4, 0.5) is 17.5 Å². The van der Waals surface area contributed by atoms with E-state index in [2.05, 4.69) is 50.1 Å². The minimum absolute atomic E-state index is 0.512. The summed E-state index contributed by atoms with van der Waals surface area (Å²) in [5.74, 6) is 1.14. The van der Waals surface area contributed by atoms with Crippen LogP contribution in [0.1, 0.15) is 17.5 Å². The highest BCUT2D eigenvalue weighted by atomic mass is 35.5. The van der Waals surface area contributed by atoms with E-state index in [1.54, 1.807) is 6.20 Å². The second-order valence-corrected chi connectivity index (χ2v) is 6.13. The van der Waals surface area contributed by atoms with Gasteiger partial charge in [-0.1, -0.05) is 48.0 Å². The molecule has 0 aliphatic rings. The molecule has 0 saturated heterocycles. The van der Waals surface area contributed by atoms with Crippen LogP contribution in [-0.2, 0) is 6.42 Å². The second kappa shape index (κ2) is 8.44. The van der Waals surface area contributed by atoms with Crippen LogP contribution in [0.5, 0.6) is 0 Å². The molecule has 3 rings (SSSR count). The summed E-state index contributed by atoms with van der Waals surface area (Å²) in [7, 11) is 0. The molecule has 3 aromatic rings. The van der Waals surface area contributed by atoms with Gasteiger partial charge in [0.05, 0.1) is 6.20 Å². The minimum Gasteiger partial charge on any atom is -0.353 e. The number of aromatic nitrogens is 3. The predicted molar refractivity (Wildman–Crippen MR) is 103 cm³/mol. The highest BCUT2D eigenvalue weighted by Crippen LogP contribution is 2.25. The van der Waals surface area contributed by atoms with E-state index < -0.39 is 0 Å². The minimum atomic E-state index is 0.512. The molecule has 1 heterocycles. The van der Waals surface area contributed by atoms with Crippen molar-refractivity contribution in [2.75, 3.05) is 17.2 Å². The lowest BCUT2D eigenvalue weighted by molar-refractivity contribution is 0.843. The van der Waals surface area contributed by atoms with Crippen molar-refractivity contribution in [2.24, 2.45) is 0 Å². The third-order valence-electron chi connectivity index (χ3n) is 3.86. The number of rotatable bonds is 7. The van der Waals surface area contributed by atoms with E-state index in [1.807, 2.05) is 31.2 Å². The fourth-order valence-electron chi connectivity index (χ4n) is 2.46. The maximum Gasteiger partial charge on any atom is 0.244 e. The highest BCUT2D eigenvalue weighted by Gasteiger charge is 2.05. The van der Waals surface area contributed by atoms with Crippen molar-refractivity contribution < 1.29 is 0 Å². The van der Waals surface area contributed by atoms with Gasteiger partial charge >= 0.3 is 0 Å². The molecular formula is C19H20ClN5. The molecule has 25 heavy (non-hydrogen) atoms. The van der Waals surface area contributed by atoms with Crippen molar-refractivity contribution >= 4 is 29.1 Å². The summed E-state index contributed by atoms with van der Waals surface area (Å²) in [5, 5.41) is 15.2. The molecule has 0 atom stereocenters. The summed E-state index contributed by atoms with van der Waals surface area (Å²) in [6.45, 7) is 2.75. The number of nitrogens with one attached hydrogen (secondary N) is 2. The van der Waals surface area contributed by atoms with Crippen molar-refractivity contribution in [2.45, 2.75) is 19.8 Å². The van der Waals surface area contributed by atoms with Crippen LogP contribution >= 0.6 is 11.6 Å². The van der Waals surface area contributed by atoms with E-state index in [0.29, 0.717) is 16.8 Å². The number of halogens is 1. The molecule has 0 unspecified atom stereocenters. The molecule has 1 aromatic heterocycles. The van der Waals surface area contributed by atoms with Gasteiger partial charge < -0.3 is 10.6 Å². The topological polar surface area (TPSA) is 62.7 Å². The largest absolute Gasteiger partial charge is 0.353 e. The van der Waals surface area contributed by atoms with Crippen molar-refractivity contribution in [3.63, 3.8) is 0 Å². The maximum atomic E-state index is 6.15. The van der Waals surface area contributed by atoms with Crippen LogP contribution in [0.25, 0.3) is 0 Å². The van der Waals surface area contributed by atoms with E-state index in [4.69, 9.17) is 11.6 Å². The van der Waals surface area contributed by atoms with E-state index in [1.165, 1.54) is 5.56 Å². The van der Waals surface area contributed by atoms with Gasteiger partial charge in [-0.05, 0) is 43.0 Å². The van der Waals surface area contributed by atoms with Crippen LogP contribution in [-0.4, -0.2) is 21.7 Å². The Morgan fingerprint density at radius 2 is 1.88 bits per heavy atom. The number of anilines is 3. The van der Waals surface area contributed by atoms with Crippen molar-refractivity contribution in [3.05, 3.63) is 70.9 Å². The first kappa shape index (κ1) is 17.2. The Balaban J connectivity index is 1.55. The fraction of sp³-hybridized carbons (Fsp3) is 0.211. The van der Waals surface area contributed by atoms with Gasteiger partial charge in [-0.2, -0.15) is 10.1 Å². The molecule has 2 N–H and O–H groups in total. The number of hydrogen-bond donors (Lipinski definition) is 2. The van der Waals surface area contributed by atoms with Crippen molar-refractivity contribution in [3.8, 4) is 0 Å². The van der Waals surface area contributed by atoms with Crippen molar-refractivity contribution in [1.29, 1.82) is 0 Å². The summed E-state index contributed by atoms with van der Waals surface area (Å²) in [6.07, 6.45) is 3.61. The summed E-state index contributed by atoms with van der Waals surface area (Å²) in [4.78, 5) is 4.44. The lowest BCUT2D eigenvalue weighted by Crippen LogP contribution is -2.08. The first-order valence-electron chi connectivity index (χ1n) is 8.22.